The Labute approximate surface area is 208 Å². The number of imide groups is 1. The summed E-state index contributed by atoms with van der Waals surface area (Å²) in [5, 5.41) is 8.09. The minimum atomic E-state index is -1.22. The zero-order chi connectivity index (χ0) is 25.4. The minimum absolute atomic E-state index is 0.303. The first-order chi connectivity index (χ1) is 17.3. The molecule has 1 spiro atoms. The van der Waals surface area contributed by atoms with Gasteiger partial charge in [0, 0.05) is 25.8 Å². The van der Waals surface area contributed by atoms with Gasteiger partial charge in [-0.05, 0) is 78.6 Å². The molecule has 2 aromatic rings. The molecule has 3 N–H and O–H groups in total. The van der Waals surface area contributed by atoms with Gasteiger partial charge in [0.15, 0.2) is 0 Å². The van der Waals surface area contributed by atoms with E-state index < -0.39 is 17.5 Å². The molecule has 5 rings (SSSR count). The van der Waals surface area contributed by atoms with Crippen LogP contribution in [0.5, 0.6) is 0 Å². The number of rotatable bonds is 3. The molecule has 1 unspecified atom stereocenters. The van der Waals surface area contributed by atoms with Gasteiger partial charge in [-0.15, -0.1) is 0 Å². The summed E-state index contributed by atoms with van der Waals surface area (Å²) in [6, 6.07) is 8.90. The summed E-state index contributed by atoms with van der Waals surface area (Å²) >= 11 is 0. The summed E-state index contributed by atoms with van der Waals surface area (Å²) in [5.74, 6) is -1.07. The summed E-state index contributed by atoms with van der Waals surface area (Å²) in [6.07, 6.45) is 3.14. The van der Waals surface area contributed by atoms with Crippen molar-refractivity contribution >= 4 is 29.6 Å². The molecule has 1 atom stereocenters. The van der Waals surface area contributed by atoms with E-state index in [4.69, 9.17) is 0 Å². The van der Waals surface area contributed by atoms with E-state index in [1.807, 2.05) is 6.07 Å². The number of nitrogens with one attached hydrogen (secondary N) is 3. The van der Waals surface area contributed by atoms with Crippen LogP contribution >= 0.6 is 0 Å². The first-order valence-corrected chi connectivity index (χ1v) is 12.1. The Morgan fingerprint density at radius 3 is 2.67 bits per heavy atom. The molecule has 1 aliphatic carbocycles. The second-order valence-corrected chi connectivity index (χ2v) is 9.49. The Kier molecular flexibility index (Phi) is 6.11. The van der Waals surface area contributed by atoms with Gasteiger partial charge in [-0.3, -0.25) is 14.5 Å². The first-order valence-electron chi connectivity index (χ1n) is 12.1. The number of fused-ring (bicyclic) bond motifs is 3. The Balaban J connectivity index is 1.35. The number of urea groups is 2. The SMILES string of the molecule is CNC(=O)Nc1ccc2c(c1)CCCC21NC(=O)N(CC(=O)N2CCCc3cc(F)ccc3C2)C1=O. The molecule has 36 heavy (non-hydrogen) atoms. The molecule has 0 bridgehead atoms. The maximum atomic E-state index is 13.6. The predicted molar refractivity (Wildman–Crippen MR) is 130 cm³/mol. The van der Waals surface area contributed by atoms with Gasteiger partial charge in [0.1, 0.15) is 17.9 Å². The van der Waals surface area contributed by atoms with Crippen molar-refractivity contribution in [2.45, 2.75) is 44.2 Å². The maximum absolute atomic E-state index is 13.6. The number of amides is 6. The number of carbonyl (C=O) groups excluding carboxylic acids is 4. The molecule has 1 saturated heterocycles. The van der Waals surface area contributed by atoms with Gasteiger partial charge in [0.25, 0.3) is 5.91 Å². The Morgan fingerprint density at radius 2 is 1.86 bits per heavy atom. The van der Waals surface area contributed by atoms with Gasteiger partial charge in [-0.25, -0.2) is 14.0 Å². The molecule has 10 heteroatoms. The van der Waals surface area contributed by atoms with Crippen LogP contribution in [0.1, 0.15) is 41.5 Å². The quantitative estimate of drug-likeness (QED) is 0.571. The highest BCUT2D eigenvalue weighted by molar-refractivity contribution is 6.09. The molecule has 188 valence electrons. The first kappa shape index (κ1) is 23.8. The Hall–Kier alpha value is -3.95. The van der Waals surface area contributed by atoms with Crippen molar-refractivity contribution in [1.82, 2.24) is 20.4 Å². The Bertz CT molecular complexity index is 1260. The minimum Gasteiger partial charge on any atom is -0.341 e. The molecule has 0 radical (unpaired) electrons. The highest BCUT2D eigenvalue weighted by Gasteiger charge is 2.54. The van der Waals surface area contributed by atoms with Crippen molar-refractivity contribution in [2.75, 3.05) is 25.5 Å². The lowest BCUT2D eigenvalue weighted by Crippen LogP contribution is -2.47. The topological polar surface area (TPSA) is 111 Å². The van der Waals surface area contributed by atoms with Crippen LogP contribution in [0.2, 0.25) is 0 Å². The van der Waals surface area contributed by atoms with Crippen LogP contribution in [0.3, 0.4) is 0 Å². The lowest BCUT2D eigenvalue weighted by atomic mass is 9.76. The van der Waals surface area contributed by atoms with Crippen molar-refractivity contribution in [1.29, 1.82) is 0 Å². The summed E-state index contributed by atoms with van der Waals surface area (Å²) in [6.45, 7) is 0.426. The number of benzene rings is 2. The van der Waals surface area contributed by atoms with E-state index in [-0.39, 0.29) is 24.3 Å². The summed E-state index contributed by atoms with van der Waals surface area (Å²) in [4.78, 5) is 54.1. The molecule has 6 amide bonds. The smallest absolute Gasteiger partial charge is 0.325 e. The molecule has 2 aliphatic heterocycles. The molecule has 2 heterocycles. The summed E-state index contributed by atoms with van der Waals surface area (Å²) < 4.78 is 13.6. The molecule has 9 nitrogen and oxygen atoms in total. The largest absolute Gasteiger partial charge is 0.341 e. The van der Waals surface area contributed by atoms with Crippen LogP contribution in [-0.4, -0.2) is 53.8 Å². The number of nitrogens with zero attached hydrogens (tertiary/aromatic N) is 2. The fourth-order valence-electron chi connectivity index (χ4n) is 5.46. The third-order valence-corrected chi connectivity index (χ3v) is 7.27. The van der Waals surface area contributed by atoms with Crippen molar-refractivity contribution in [3.8, 4) is 0 Å². The van der Waals surface area contributed by atoms with E-state index in [0.29, 0.717) is 56.4 Å². The Morgan fingerprint density at radius 1 is 1.06 bits per heavy atom. The van der Waals surface area contributed by atoms with Crippen molar-refractivity contribution in [3.63, 3.8) is 0 Å². The summed E-state index contributed by atoms with van der Waals surface area (Å²) in [7, 11) is 1.52. The fraction of sp³-hybridized carbons (Fsp3) is 0.385. The monoisotopic (exact) mass is 493 g/mol. The highest BCUT2D eigenvalue weighted by atomic mass is 19.1. The van der Waals surface area contributed by atoms with Crippen molar-refractivity contribution in [2.24, 2.45) is 0 Å². The normalized spacial score (nSPS) is 20.9. The number of hydrogen-bond donors (Lipinski definition) is 3. The van der Waals surface area contributed by atoms with Crippen LogP contribution in [0, 0.1) is 5.82 Å². The number of halogens is 1. The average molecular weight is 494 g/mol. The number of anilines is 1. The van der Waals surface area contributed by atoms with Crippen molar-refractivity contribution < 1.29 is 23.6 Å². The van der Waals surface area contributed by atoms with E-state index in [0.717, 1.165) is 21.6 Å². The maximum Gasteiger partial charge on any atom is 0.325 e. The van der Waals surface area contributed by atoms with Gasteiger partial charge in [-0.1, -0.05) is 12.1 Å². The van der Waals surface area contributed by atoms with Gasteiger partial charge in [0.05, 0.1) is 0 Å². The van der Waals surface area contributed by atoms with Crippen LogP contribution < -0.4 is 16.0 Å². The third-order valence-electron chi connectivity index (χ3n) is 7.27. The van der Waals surface area contributed by atoms with E-state index in [2.05, 4.69) is 16.0 Å². The van der Waals surface area contributed by atoms with E-state index >= 15 is 0 Å². The van der Waals surface area contributed by atoms with Crippen LogP contribution in [-0.2, 0) is 34.5 Å². The molecular formula is C26H28FN5O4. The summed E-state index contributed by atoms with van der Waals surface area (Å²) in [5.41, 5.74) is 2.68. The molecular weight excluding hydrogens is 465 g/mol. The molecule has 0 aromatic heterocycles. The lowest BCUT2D eigenvalue weighted by molar-refractivity contribution is -0.139. The lowest BCUT2D eigenvalue weighted by Gasteiger charge is -2.33. The standard InChI is InChI=1S/C26H28FN5O4/c1-28-24(35)29-20-8-9-21-17(13-20)4-2-10-26(21)23(34)32(25(36)30-26)15-22(33)31-11-3-5-16-12-19(27)7-6-18(16)14-31/h6-9,12-13H,2-5,10-11,14-15H2,1H3,(H,30,36)(H2,28,29,35). The second kappa shape index (κ2) is 9.25. The predicted octanol–water partition coefficient (Wildman–Crippen LogP) is 2.64. The zero-order valence-electron chi connectivity index (χ0n) is 20.0. The van der Waals surface area contributed by atoms with Gasteiger partial charge in [-0.2, -0.15) is 0 Å². The van der Waals surface area contributed by atoms with Gasteiger partial charge >= 0.3 is 12.1 Å². The van der Waals surface area contributed by atoms with Gasteiger partial charge < -0.3 is 20.9 Å². The average Bonchev–Trinajstić information content (AvgIpc) is 3.00. The zero-order valence-corrected chi connectivity index (χ0v) is 20.0. The molecule has 3 aliphatic rings. The number of aryl methyl sites for hydroxylation is 2. The van der Waals surface area contributed by atoms with Gasteiger partial charge in [0.2, 0.25) is 5.91 Å². The van der Waals surface area contributed by atoms with Crippen LogP contribution in [0.15, 0.2) is 36.4 Å². The van der Waals surface area contributed by atoms with Crippen molar-refractivity contribution in [3.05, 3.63) is 64.5 Å². The van der Waals surface area contributed by atoms with E-state index in [1.165, 1.54) is 19.2 Å². The second-order valence-electron chi connectivity index (χ2n) is 9.49. The highest BCUT2D eigenvalue weighted by Crippen LogP contribution is 2.41. The fourth-order valence-corrected chi connectivity index (χ4v) is 5.46. The third kappa shape index (κ3) is 4.16. The molecule has 0 saturated carbocycles. The number of hydrogen-bond acceptors (Lipinski definition) is 4. The van der Waals surface area contributed by atoms with E-state index in [9.17, 15) is 23.6 Å². The van der Waals surface area contributed by atoms with Crippen LogP contribution in [0.25, 0.3) is 0 Å². The van der Waals surface area contributed by atoms with E-state index in [1.54, 1.807) is 23.1 Å². The molecule has 1 fully saturated rings. The molecule has 2 aromatic carbocycles. The van der Waals surface area contributed by atoms with Crippen LogP contribution in [0.4, 0.5) is 19.7 Å². The number of carbonyl (C=O) groups is 4.